The quantitative estimate of drug-likeness (QED) is 0.580. The second kappa shape index (κ2) is 7.48. The Kier molecular flexibility index (Phi) is 5.65. The van der Waals surface area contributed by atoms with Gasteiger partial charge in [-0.1, -0.05) is 31.4 Å². The van der Waals surface area contributed by atoms with Crippen LogP contribution in [0.25, 0.3) is 0 Å². The summed E-state index contributed by atoms with van der Waals surface area (Å²) in [5.74, 6) is -0.0815. The van der Waals surface area contributed by atoms with Gasteiger partial charge in [-0.05, 0) is 25.8 Å². The molecule has 1 saturated carbocycles. The van der Waals surface area contributed by atoms with Crippen molar-refractivity contribution in [1.82, 2.24) is 4.90 Å². The summed E-state index contributed by atoms with van der Waals surface area (Å²) in [4.78, 5) is 24.7. The van der Waals surface area contributed by atoms with Gasteiger partial charge in [-0.15, -0.1) is 0 Å². The Labute approximate surface area is 120 Å². The molecule has 5 nitrogen and oxygen atoms in total. The highest BCUT2D eigenvalue weighted by Gasteiger charge is 2.30. The van der Waals surface area contributed by atoms with E-state index >= 15 is 0 Å². The fourth-order valence-electron chi connectivity index (χ4n) is 2.69. The van der Waals surface area contributed by atoms with Gasteiger partial charge < -0.3 is 9.31 Å². The van der Waals surface area contributed by atoms with Gasteiger partial charge in [-0.25, -0.2) is 0 Å². The molecule has 1 heterocycles. The summed E-state index contributed by atoms with van der Waals surface area (Å²) < 4.78 is 10.3. The first kappa shape index (κ1) is 15.1. The Balaban J connectivity index is 1.82. The standard InChI is InChI=1S/C14H22BNO4/c1-16-10-13(17)19-15(20-14(18)11-16)9-5-8-12-6-3-2-4-7-12/h5,8,12H,2-4,6-7,9-11H2,1H3. The maximum atomic E-state index is 11.5. The van der Waals surface area contributed by atoms with Crippen molar-refractivity contribution in [2.75, 3.05) is 20.1 Å². The average Bonchev–Trinajstić information content (AvgIpc) is 2.37. The normalized spacial score (nSPS) is 23.4. The second-order valence-electron chi connectivity index (χ2n) is 5.64. The summed E-state index contributed by atoms with van der Waals surface area (Å²) in [5, 5.41) is 0. The third-order valence-corrected chi connectivity index (χ3v) is 3.71. The first-order valence-electron chi connectivity index (χ1n) is 7.37. The molecular formula is C14H22BNO4. The number of hydrogen-bond acceptors (Lipinski definition) is 5. The van der Waals surface area contributed by atoms with E-state index < -0.39 is 7.12 Å². The van der Waals surface area contributed by atoms with Crippen LogP contribution in [-0.4, -0.2) is 44.1 Å². The third-order valence-electron chi connectivity index (χ3n) is 3.71. The number of hydrogen-bond donors (Lipinski definition) is 0. The number of likely N-dealkylation sites (N-methyl/N-ethyl adjacent to an activating group) is 1. The molecular weight excluding hydrogens is 257 g/mol. The zero-order valence-corrected chi connectivity index (χ0v) is 12.0. The molecule has 2 fully saturated rings. The Morgan fingerprint density at radius 3 is 2.35 bits per heavy atom. The van der Waals surface area contributed by atoms with Gasteiger partial charge in [0.1, 0.15) is 0 Å². The number of carbonyl (C=O) groups excluding carboxylic acids is 2. The molecule has 6 heteroatoms. The summed E-state index contributed by atoms with van der Waals surface area (Å²) in [5.41, 5.74) is 0. The molecule has 2 rings (SSSR count). The zero-order valence-electron chi connectivity index (χ0n) is 12.0. The molecule has 0 unspecified atom stereocenters. The molecule has 0 aromatic heterocycles. The largest absolute Gasteiger partial charge is 0.602 e. The molecule has 0 aromatic rings. The lowest BCUT2D eigenvalue weighted by molar-refractivity contribution is -0.145. The Hall–Kier alpha value is -1.30. The van der Waals surface area contributed by atoms with E-state index in [0.29, 0.717) is 12.2 Å². The van der Waals surface area contributed by atoms with Crippen molar-refractivity contribution in [3.05, 3.63) is 12.2 Å². The smallest absolute Gasteiger partial charge is 0.498 e. The maximum absolute atomic E-state index is 11.5. The van der Waals surface area contributed by atoms with Crippen molar-refractivity contribution in [1.29, 1.82) is 0 Å². The molecule has 110 valence electrons. The number of nitrogens with zero attached hydrogens (tertiary/aromatic N) is 1. The van der Waals surface area contributed by atoms with Crippen LogP contribution in [-0.2, 0) is 18.9 Å². The van der Waals surface area contributed by atoms with Crippen LogP contribution in [0.15, 0.2) is 12.2 Å². The van der Waals surface area contributed by atoms with Crippen molar-refractivity contribution in [2.24, 2.45) is 5.92 Å². The van der Waals surface area contributed by atoms with Gasteiger partial charge in [0.25, 0.3) is 0 Å². The van der Waals surface area contributed by atoms with E-state index in [1.807, 2.05) is 6.08 Å². The van der Waals surface area contributed by atoms with Gasteiger partial charge in [0, 0.05) is 6.32 Å². The average molecular weight is 279 g/mol. The molecule has 0 bridgehead atoms. The highest BCUT2D eigenvalue weighted by atomic mass is 16.6. The minimum atomic E-state index is -0.774. The molecule has 0 N–H and O–H groups in total. The van der Waals surface area contributed by atoms with Crippen LogP contribution in [0.1, 0.15) is 32.1 Å². The Morgan fingerprint density at radius 2 is 1.75 bits per heavy atom. The maximum Gasteiger partial charge on any atom is 0.602 e. The van der Waals surface area contributed by atoms with E-state index in [1.54, 1.807) is 11.9 Å². The van der Waals surface area contributed by atoms with Gasteiger partial charge in [0.2, 0.25) is 0 Å². The van der Waals surface area contributed by atoms with Crippen molar-refractivity contribution in [3.8, 4) is 0 Å². The minimum Gasteiger partial charge on any atom is -0.498 e. The van der Waals surface area contributed by atoms with Gasteiger partial charge in [-0.2, -0.15) is 0 Å². The van der Waals surface area contributed by atoms with E-state index in [0.717, 1.165) is 0 Å². The third kappa shape index (κ3) is 5.00. The molecule has 0 atom stereocenters. The van der Waals surface area contributed by atoms with Gasteiger partial charge in [0.15, 0.2) is 0 Å². The van der Waals surface area contributed by atoms with Crippen LogP contribution in [0, 0.1) is 5.92 Å². The van der Waals surface area contributed by atoms with E-state index in [2.05, 4.69) is 6.08 Å². The van der Waals surface area contributed by atoms with Gasteiger partial charge in [-0.3, -0.25) is 14.5 Å². The van der Waals surface area contributed by atoms with E-state index in [4.69, 9.17) is 9.31 Å². The fraction of sp³-hybridized carbons (Fsp3) is 0.714. The van der Waals surface area contributed by atoms with Crippen LogP contribution < -0.4 is 0 Å². The predicted molar refractivity (Wildman–Crippen MR) is 76.0 cm³/mol. The van der Waals surface area contributed by atoms with Crippen molar-refractivity contribution in [3.63, 3.8) is 0 Å². The van der Waals surface area contributed by atoms with Crippen LogP contribution in [0.2, 0.25) is 6.32 Å². The molecule has 0 aromatic carbocycles. The molecule has 20 heavy (non-hydrogen) atoms. The molecule has 2 aliphatic rings. The summed E-state index contributed by atoms with van der Waals surface area (Å²) in [6.07, 6.45) is 11.0. The monoisotopic (exact) mass is 279 g/mol. The van der Waals surface area contributed by atoms with E-state index in [-0.39, 0.29) is 25.0 Å². The molecule has 1 aliphatic heterocycles. The SMILES string of the molecule is CN1CC(=O)OB(CC=CC2CCCCC2)OC(=O)C1. The fourth-order valence-corrected chi connectivity index (χ4v) is 2.69. The lowest BCUT2D eigenvalue weighted by Crippen LogP contribution is -2.42. The number of carbonyl (C=O) groups is 2. The van der Waals surface area contributed by atoms with E-state index in [1.165, 1.54) is 32.1 Å². The first-order chi connectivity index (χ1) is 9.63. The molecule has 1 aliphatic carbocycles. The van der Waals surface area contributed by atoms with Crippen LogP contribution in [0.4, 0.5) is 0 Å². The van der Waals surface area contributed by atoms with Gasteiger partial charge in [0.05, 0.1) is 13.1 Å². The number of rotatable bonds is 3. The summed E-state index contributed by atoms with van der Waals surface area (Å²) in [6, 6.07) is 0. The van der Waals surface area contributed by atoms with Crippen LogP contribution >= 0.6 is 0 Å². The second-order valence-corrected chi connectivity index (χ2v) is 5.64. The zero-order chi connectivity index (χ0) is 14.4. The Morgan fingerprint density at radius 1 is 1.15 bits per heavy atom. The first-order valence-corrected chi connectivity index (χ1v) is 7.37. The summed E-state index contributed by atoms with van der Waals surface area (Å²) >= 11 is 0. The molecule has 0 radical (unpaired) electrons. The molecule has 1 saturated heterocycles. The molecule has 0 spiro atoms. The minimum absolute atomic E-state index is 0.123. The van der Waals surface area contributed by atoms with Crippen molar-refractivity contribution < 1.29 is 18.9 Å². The topological polar surface area (TPSA) is 55.8 Å². The number of allylic oxidation sites excluding steroid dienone is 2. The predicted octanol–water partition coefficient (Wildman–Crippen LogP) is 1.64. The van der Waals surface area contributed by atoms with Crippen LogP contribution in [0.5, 0.6) is 0 Å². The highest BCUT2D eigenvalue weighted by Crippen LogP contribution is 2.24. The highest BCUT2D eigenvalue weighted by molar-refractivity contribution is 6.49. The van der Waals surface area contributed by atoms with Gasteiger partial charge >= 0.3 is 19.1 Å². The Bertz CT molecular complexity index is 359. The van der Waals surface area contributed by atoms with E-state index in [9.17, 15) is 9.59 Å². The van der Waals surface area contributed by atoms with Crippen LogP contribution in [0.3, 0.4) is 0 Å². The lowest BCUT2D eigenvalue weighted by Gasteiger charge is -2.22. The summed E-state index contributed by atoms with van der Waals surface area (Å²) in [7, 11) is 0.912. The summed E-state index contributed by atoms with van der Waals surface area (Å²) in [6.45, 7) is 0.246. The van der Waals surface area contributed by atoms with Crippen molar-refractivity contribution in [2.45, 2.75) is 38.4 Å². The van der Waals surface area contributed by atoms with Crippen molar-refractivity contribution >= 4 is 19.1 Å². The molecule has 0 amide bonds. The lowest BCUT2D eigenvalue weighted by atomic mass is 9.82.